The van der Waals surface area contributed by atoms with Crippen molar-refractivity contribution < 1.29 is 43.2 Å². The van der Waals surface area contributed by atoms with Crippen LogP contribution in [0.1, 0.15) is 61.7 Å². The summed E-state index contributed by atoms with van der Waals surface area (Å²) >= 11 is 0. The number of rotatable bonds is 6. The van der Waals surface area contributed by atoms with Gasteiger partial charge in [-0.2, -0.15) is 0 Å². The Kier molecular flexibility index (Phi) is 7.23. The van der Waals surface area contributed by atoms with Crippen molar-refractivity contribution in [2.45, 2.75) is 82.1 Å². The van der Waals surface area contributed by atoms with Crippen molar-refractivity contribution in [3.05, 3.63) is 88.5 Å². The highest BCUT2D eigenvalue weighted by molar-refractivity contribution is 6.01. The van der Waals surface area contributed by atoms with Crippen LogP contribution in [0.25, 0.3) is 0 Å². The molecule has 5 aliphatic rings. The van der Waals surface area contributed by atoms with E-state index < -0.39 is 76.8 Å². The summed E-state index contributed by atoms with van der Waals surface area (Å²) in [6, 6.07) is 13.0. The minimum atomic E-state index is -2.30. The number of anilines is 1. The molecule has 46 heavy (non-hydrogen) atoms. The number of allylic oxidation sites excluding steroid dienone is 4. The molecular weight excluding hydrogens is 596 g/mol. The van der Waals surface area contributed by atoms with Crippen molar-refractivity contribution in [2.24, 2.45) is 22.7 Å². The summed E-state index contributed by atoms with van der Waals surface area (Å²) < 4.78 is 46.3. The maximum absolute atomic E-state index is 17.6. The van der Waals surface area contributed by atoms with E-state index in [2.05, 4.69) is 0 Å². The normalized spacial score (nSPS) is 40.9. The van der Waals surface area contributed by atoms with E-state index in [4.69, 9.17) is 15.2 Å². The first kappa shape index (κ1) is 31.3. The SMILES string of the molecule is C[C@]12C=CC(=O)C=C1[C@@H](F)C[C@H]1[C@@H]3C[C@H]4O[C@@H](c5ccc(Cc6ccc(CO)c(N)c6)cc5)O[C@@]4(C(=O)CO)[C@@]3(C)C[C@H](O)[C@@]12F. The van der Waals surface area contributed by atoms with Gasteiger partial charge < -0.3 is 30.5 Å². The third kappa shape index (κ3) is 4.06. The Morgan fingerprint density at radius 3 is 2.46 bits per heavy atom. The first-order chi connectivity index (χ1) is 21.8. The Bertz CT molecular complexity index is 1660. The lowest BCUT2D eigenvalue weighted by Gasteiger charge is -2.63. The molecule has 2 aromatic carbocycles. The number of aliphatic hydroxyl groups excluding tert-OH is 3. The summed E-state index contributed by atoms with van der Waals surface area (Å²) in [5.41, 5.74) is 3.13. The lowest BCUT2D eigenvalue weighted by molar-refractivity contribution is -0.235. The number of nitrogen functional groups attached to an aromatic ring is 1. The molecule has 1 saturated heterocycles. The number of Topliss-reactive ketones (excluding diaryl/α,β-unsaturated/α-hetero) is 1. The van der Waals surface area contributed by atoms with Crippen molar-refractivity contribution in [2.75, 3.05) is 12.3 Å². The van der Waals surface area contributed by atoms with Gasteiger partial charge in [-0.1, -0.05) is 49.4 Å². The van der Waals surface area contributed by atoms with Crippen molar-refractivity contribution in [1.29, 1.82) is 0 Å². The minimum absolute atomic E-state index is 0.0300. The second-order valence-electron chi connectivity index (χ2n) is 14.1. The summed E-state index contributed by atoms with van der Waals surface area (Å²) in [5.74, 6) is -2.66. The molecule has 0 radical (unpaired) electrons. The highest BCUT2D eigenvalue weighted by Crippen LogP contribution is 2.72. The van der Waals surface area contributed by atoms with E-state index in [0.717, 1.165) is 17.2 Å². The van der Waals surface area contributed by atoms with Gasteiger partial charge in [0.25, 0.3) is 0 Å². The van der Waals surface area contributed by atoms with Gasteiger partial charge in [-0.3, -0.25) is 9.59 Å². The number of carbonyl (C=O) groups is 2. The Hall–Kier alpha value is -3.28. The van der Waals surface area contributed by atoms with Crippen molar-refractivity contribution in [1.82, 2.24) is 0 Å². The lowest BCUT2D eigenvalue weighted by atomic mass is 9.44. The number of hydrogen-bond acceptors (Lipinski definition) is 8. The number of hydrogen-bond donors (Lipinski definition) is 4. The second kappa shape index (κ2) is 10.6. The fourth-order valence-corrected chi connectivity index (χ4v) is 9.64. The number of ether oxygens (including phenoxy) is 2. The highest BCUT2D eigenvalue weighted by Gasteiger charge is 2.80. The Morgan fingerprint density at radius 1 is 1.07 bits per heavy atom. The number of carbonyl (C=O) groups excluding carboxylic acids is 2. The third-order valence-corrected chi connectivity index (χ3v) is 12.0. The van der Waals surface area contributed by atoms with Crippen LogP contribution in [-0.4, -0.2) is 63.1 Å². The van der Waals surface area contributed by atoms with E-state index in [0.29, 0.717) is 23.2 Å². The molecule has 4 aliphatic carbocycles. The van der Waals surface area contributed by atoms with Crippen LogP contribution in [0.5, 0.6) is 0 Å². The molecule has 1 heterocycles. The molecule has 0 aromatic heterocycles. The average molecular weight is 636 g/mol. The molecule has 10 heteroatoms. The smallest absolute Gasteiger partial charge is 0.193 e. The molecule has 4 fully saturated rings. The van der Waals surface area contributed by atoms with Gasteiger partial charge in [-0.05, 0) is 73.4 Å². The molecule has 10 atom stereocenters. The molecule has 3 saturated carbocycles. The number of nitrogens with two attached hydrogens (primary N) is 1. The number of alkyl halides is 2. The summed E-state index contributed by atoms with van der Waals surface area (Å²) in [5, 5.41) is 31.2. The van der Waals surface area contributed by atoms with E-state index in [9.17, 15) is 24.9 Å². The van der Waals surface area contributed by atoms with Crippen LogP contribution in [0.2, 0.25) is 0 Å². The highest BCUT2D eigenvalue weighted by atomic mass is 19.1. The number of fused-ring (bicyclic) bond motifs is 7. The largest absolute Gasteiger partial charge is 0.398 e. The quantitative estimate of drug-likeness (QED) is 0.350. The summed E-state index contributed by atoms with van der Waals surface area (Å²) in [7, 11) is 0. The van der Waals surface area contributed by atoms with Crippen LogP contribution in [0, 0.1) is 22.7 Å². The number of benzene rings is 2. The van der Waals surface area contributed by atoms with E-state index >= 15 is 8.78 Å². The topological polar surface area (TPSA) is 139 Å². The van der Waals surface area contributed by atoms with Gasteiger partial charge in [0.15, 0.2) is 29.1 Å². The van der Waals surface area contributed by atoms with Crippen LogP contribution in [0.4, 0.5) is 14.5 Å². The van der Waals surface area contributed by atoms with Crippen LogP contribution in [0.3, 0.4) is 0 Å². The minimum Gasteiger partial charge on any atom is -0.398 e. The van der Waals surface area contributed by atoms with Gasteiger partial charge in [0.1, 0.15) is 12.8 Å². The number of halogens is 2. The summed E-state index contributed by atoms with van der Waals surface area (Å²) in [6.45, 7) is 2.32. The van der Waals surface area contributed by atoms with Crippen LogP contribution < -0.4 is 5.73 Å². The molecule has 2 aromatic rings. The predicted octanol–water partition coefficient (Wildman–Crippen LogP) is 3.99. The first-order valence-corrected chi connectivity index (χ1v) is 15.8. The maximum atomic E-state index is 17.6. The van der Waals surface area contributed by atoms with Gasteiger partial charge in [-0.25, -0.2) is 8.78 Å². The molecule has 244 valence electrons. The number of aliphatic hydroxyl groups is 3. The molecule has 5 N–H and O–H groups in total. The standard InChI is InChI=1S/C36H39F2NO7/c1-33-10-9-23(42)13-26(33)27(37)14-25-24-15-31-36(30(44)18-41,34(24,2)16-29(43)35(25,33)38)46-32(45-31)21-6-3-19(4-7-21)11-20-5-8-22(17-40)28(39)12-20/h3-10,12-13,24-25,27,29,31-32,40-41,43H,11,14-18,39H2,1-2H3/t24-,25-,27-,29-,31+,32+,33-,34-,35-,36+/m0/s1. The van der Waals surface area contributed by atoms with E-state index in [-0.39, 0.29) is 31.4 Å². The van der Waals surface area contributed by atoms with Gasteiger partial charge >= 0.3 is 0 Å². The fourth-order valence-electron chi connectivity index (χ4n) is 9.64. The van der Waals surface area contributed by atoms with Gasteiger partial charge in [-0.15, -0.1) is 0 Å². The molecule has 0 unspecified atom stereocenters. The molecule has 1 aliphatic heterocycles. The molecule has 0 bridgehead atoms. The van der Waals surface area contributed by atoms with Gasteiger partial charge in [0.05, 0.1) is 18.8 Å². The van der Waals surface area contributed by atoms with Gasteiger partial charge in [0, 0.05) is 33.6 Å². The predicted molar refractivity (Wildman–Crippen MR) is 164 cm³/mol. The summed E-state index contributed by atoms with van der Waals surface area (Å²) in [6.07, 6.45) is -0.947. The fraction of sp³-hybridized carbons (Fsp3) is 0.500. The summed E-state index contributed by atoms with van der Waals surface area (Å²) in [4.78, 5) is 25.9. The van der Waals surface area contributed by atoms with E-state index in [1.54, 1.807) is 13.0 Å². The third-order valence-electron chi connectivity index (χ3n) is 12.0. The second-order valence-corrected chi connectivity index (χ2v) is 14.1. The molecule has 0 amide bonds. The first-order valence-electron chi connectivity index (χ1n) is 15.8. The zero-order valence-corrected chi connectivity index (χ0v) is 25.8. The van der Waals surface area contributed by atoms with Crippen LogP contribution in [0.15, 0.2) is 66.3 Å². The number of ketones is 2. The molecule has 7 rings (SSSR count). The maximum Gasteiger partial charge on any atom is 0.193 e. The van der Waals surface area contributed by atoms with E-state index in [1.165, 1.54) is 19.1 Å². The Morgan fingerprint density at radius 2 is 1.78 bits per heavy atom. The van der Waals surface area contributed by atoms with Crippen LogP contribution in [-0.2, 0) is 32.1 Å². The van der Waals surface area contributed by atoms with Crippen LogP contribution >= 0.6 is 0 Å². The van der Waals surface area contributed by atoms with Crippen molar-refractivity contribution >= 4 is 17.3 Å². The van der Waals surface area contributed by atoms with Crippen molar-refractivity contribution in [3.63, 3.8) is 0 Å². The van der Waals surface area contributed by atoms with E-state index in [1.807, 2.05) is 36.4 Å². The molecule has 8 nitrogen and oxygen atoms in total. The lowest BCUT2D eigenvalue weighted by Crippen LogP contribution is -2.70. The van der Waals surface area contributed by atoms with Gasteiger partial charge in [0.2, 0.25) is 0 Å². The zero-order valence-electron chi connectivity index (χ0n) is 25.8. The molecule has 0 spiro atoms. The Balaban J connectivity index is 1.19. The average Bonchev–Trinajstić information content (AvgIpc) is 3.53. The monoisotopic (exact) mass is 635 g/mol. The Labute approximate surface area is 265 Å². The van der Waals surface area contributed by atoms with Crippen molar-refractivity contribution in [3.8, 4) is 0 Å². The zero-order chi connectivity index (χ0) is 32.8. The molecular formula is C36H39F2NO7.